The highest BCUT2D eigenvalue weighted by Gasteiger charge is 2.15. The molecule has 4 nitrogen and oxygen atoms in total. The fourth-order valence-corrected chi connectivity index (χ4v) is 2.52. The SMILES string of the molecule is COc1ccc(C)cc1NC(=O)/C(=C/c1ccco1)c1ccccc1. The molecule has 3 aromatic rings. The van der Waals surface area contributed by atoms with Crippen LogP contribution in [-0.2, 0) is 4.79 Å². The predicted molar refractivity (Wildman–Crippen MR) is 99.4 cm³/mol. The van der Waals surface area contributed by atoms with E-state index < -0.39 is 0 Å². The Hall–Kier alpha value is -3.27. The number of carbonyl (C=O) groups is 1. The van der Waals surface area contributed by atoms with Crippen molar-refractivity contribution in [3.05, 3.63) is 83.8 Å². The van der Waals surface area contributed by atoms with Gasteiger partial charge in [0.1, 0.15) is 11.5 Å². The zero-order valence-electron chi connectivity index (χ0n) is 14.2. The topological polar surface area (TPSA) is 51.5 Å². The molecule has 3 rings (SSSR count). The molecule has 0 saturated carbocycles. The molecule has 1 amide bonds. The Kier molecular flexibility index (Phi) is 5.00. The number of hydrogen-bond acceptors (Lipinski definition) is 3. The summed E-state index contributed by atoms with van der Waals surface area (Å²) in [5.74, 6) is 1.00. The van der Waals surface area contributed by atoms with Crippen molar-refractivity contribution in [1.82, 2.24) is 0 Å². The monoisotopic (exact) mass is 333 g/mol. The first-order valence-electron chi connectivity index (χ1n) is 7.94. The standard InChI is InChI=1S/C21H19NO3/c1-15-10-11-20(24-2)19(13-15)22-21(23)18(14-17-9-6-12-25-17)16-7-4-3-5-8-16/h3-14H,1-2H3,(H,22,23)/b18-14+. The van der Waals surface area contributed by atoms with Crippen LogP contribution in [0.4, 0.5) is 5.69 Å². The first kappa shape index (κ1) is 16.6. The van der Waals surface area contributed by atoms with Crippen LogP contribution in [0, 0.1) is 6.92 Å². The van der Waals surface area contributed by atoms with Gasteiger partial charge in [-0.15, -0.1) is 0 Å². The van der Waals surface area contributed by atoms with Crippen LogP contribution in [0.3, 0.4) is 0 Å². The van der Waals surface area contributed by atoms with E-state index in [9.17, 15) is 4.79 Å². The second-order valence-corrected chi connectivity index (χ2v) is 5.60. The molecule has 0 fully saturated rings. The Bertz CT molecular complexity index is 881. The van der Waals surface area contributed by atoms with Gasteiger partial charge in [-0.05, 0) is 48.4 Å². The maximum Gasteiger partial charge on any atom is 0.256 e. The van der Waals surface area contributed by atoms with E-state index in [1.165, 1.54) is 0 Å². The van der Waals surface area contributed by atoms with Crippen LogP contribution in [0.15, 0.2) is 71.3 Å². The molecule has 1 aromatic heterocycles. The quantitative estimate of drug-likeness (QED) is 0.684. The van der Waals surface area contributed by atoms with Crippen molar-refractivity contribution >= 4 is 23.2 Å². The zero-order chi connectivity index (χ0) is 17.6. The number of nitrogens with one attached hydrogen (secondary N) is 1. The van der Waals surface area contributed by atoms with E-state index in [-0.39, 0.29) is 5.91 Å². The molecule has 0 radical (unpaired) electrons. The smallest absolute Gasteiger partial charge is 0.256 e. The lowest BCUT2D eigenvalue weighted by Crippen LogP contribution is -2.14. The number of anilines is 1. The number of amides is 1. The van der Waals surface area contributed by atoms with Gasteiger partial charge < -0.3 is 14.5 Å². The fourth-order valence-electron chi connectivity index (χ4n) is 2.52. The van der Waals surface area contributed by atoms with E-state index in [0.717, 1.165) is 11.1 Å². The highest BCUT2D eigenvalue weighted by atomic mass is 16.5. The van der Waals surface area contributed by atoms with Crippen LogP contribution >= 0.6 is 0 Å². The number of furan rings is 1. The van der Waals surface area contributed by atoms with E-state index >= 15 is 0 Å². The van der Waals surface area contributed by atoms with Gasteiger partial charge in [-0.25, -0.2) is 0 Å². The molecule has 0 spiro atoms. The van der Waals surface area contributed by atoms with Crippen LogP contribution in [0.1, 0.15) is 16.9 Å². The van der Waals surface area contributed by atoms with Crippen molar-refractivity contribution in [3.8, 4) is 5.75 Å². The van der Waals surface area contributed by atoms with Crippen molar-refractivity contribution in [3.63, 3.8) is 0 Å². The molecular formula is C21H19NO3. The minimum atomic E-state index is -0.230. The van der Waals surface area contributed by atoms with Gasteiger partial charge in [0.15, 0.2) is 0 Å². The van der Waals surface area contributed by atoms with Crippen LogP contribution in [0.5, 0.6) is 5.75 Å². The van der Waals surface area contributed by atoms with Gasteiger partial charge in [0.25, 0.3) is 5.91 Å². The van der Waals surface area contributed by atoms with Crippen molar-refractivity contribution in [2.24, 2.45) is 0 Å². The van der Waals surface area contributed by atoms with E-state index in [1.54, 1.807) is 25.5 Å². The molecule has 0 bridgehead atoms. The molecule has 0 unspecified atom stereocenters. The number of ether oxygens (including phenoxy) is 1. The van der Waals surface area contributed by atoms with E-state index in [1.807, 2.05) is 61.5 Å². The molecule has 2 aromatic carbocycles. The molecule has 0 aliphatic heterocycles. The molecule has 4 heteroatoms. The second-order valence-electron chi connectivity index (χ2n) is 5.60. The molecular weight excluding hydrogens is 314 g/mol. The summed E-state index contributed by atoms with van der Waals surface area (Å²) in [6, 6.07) is 18.7. The van der Waals surface area contributed by atoms with E-state index in [2.05, 4.69) is 5.32 Å². The summed E-state index contributed by atoms with van der Waals surface area (Å²) in [5, 5.41) is 2.94. The molecule has 1 N–H and O–H groups in total. The van der Waals surface area contributed by atoms with Crippen LogP contribution in [-0.4, -0.2) is 13.0 Å². The Morgan fingerprint density at radius 2 is 1.88 bits per heavy atom. The van der Waals surface area contributed by atoms with Crippen molar-refractivity contribution < 1.29 is 13.9 Å². The number of carbonyl (C=O) groups excluding carboxylic acids is 1. The third-order valence-electron chi connectivity index (χ3n) is 3.76. The third kappa shape index (κ3) is 3.98. The van der Waals surface area contributed by atoms with Crippen molar-refractivity contribution in [2.75, 3.05) is 12.4 Å². The second kappa shape index (κ2) is 7.53. The van der Waals surface area contributed by atoms with Gasteiger partial charge in [0.2, 0.25) is 0 Å². The van der Waals surface area contributed by atoms with Crippen molar-refractivity contribution in [2.45, 2.75) is 6.92 Å². The Labute approximate surface area is 146 Å². The summed E-state index contributed by atoms with van der Waals surface area (Å²) >= 11 is 0. The molecule has 0 saturated heterocycles. The van der Waals surface area contributed by atoms with Gasteiger partial charge in [0, 0.05) is 0 Å². The lowest BCUT2D eigenvalue weighted by atomic mass is 10.0. The zero-order valence-corrected chi connectivity index (χ0v) is 14.2. The maximum absolute atomic E-state index is 12.9. The minimum Gasteiger partial charge on any atom is -0.495 e. The number of benzene rings is 2. The minimum absolute atomic E-state index is 0.230. The molecule has 25 heavy (non-hydrogen) atoms. The van der Waals surface area contributed by atoms with E-state index in [4.69, 9.17) is 9.15 Å². The maximum atomic E-state index is 12.9. The average molecular weight is 333 g/mol. The lowest BCUT2D eigenvalue weighted by Gasteiger charge is -2.13. The van der Waals surface area contributed by atoms with Crippen LogP contribution in [0.2, 0.25) is 0 Å². The average Bonchev–Trinajstić information content (AvgIpc) is 3.14. The van der Waals surface area contributed by atoms with Gasteiger partial charge in [-0.1, -0.05) is 36.4 Å². The number of hydrogen-bond donors (Lipinski definition) is 1. The van der Waals surface area contributed by atoms with Gasteiger partial charge in [-0.3, -0.25) is 4.79 Å². The third-order valence-corrected chi connectivity index (χ3v) is 3.76. The molecule has 0 aliphatic carbocycles. The summed E-state index contributed by atoms with van der Waals surface area (Å²) in [4.78, 5) is 12.9. The van der Waals surface area contributed by atoms with E-state index in [0.29, 0.717) is 22.8 Å². The van der Waals surface area contributed by atoms with Gasteiger partial charge in [-0.2, -0.15) is 0 Å². The van der Waals surface area contributed by atoms with Gasteiger partial charge in [0.05, 0.1) is 24.6 Å². The molecule has 1 heterocycles. The number of rotatable bonds is 5. The van der Waals surface area contributed by atoms with Crippen LogP contribution in [0.25, 0.3) is 11.6 Å². The summed E-state index contributed by atoms with van der Waals surface area (Å²) in [7, 11) is 1.58. The molecule has 0 atom stereocenters. The molecule has 126 valence electrons. The highest BCUT2D eigenvalue weighted by molar-refractivity contribution is 6.29. The number of methoxy groups -OCH3 is 1. The summed E-state index contributed by atoms with van der Waals surface area (Å²) < 4.78 is 10.7. The number of aryl methyl sites for hydroxylation is 1. The first-order valence-corrected chi connectivity index (χ1v) is 7.94. The van der Waals surface area contributed by atoms with Crippen molar-refractivity contribution in [1.29, 1.82) is 0 Å². The van der Waals surface area contributed by atoms with Gasteiger partial charge >= 0.3 is 0 Å². The Balaban J connectivity index is 1.97. The summed E-state index contributed by atoms with van der Waals surface area (Å²) in [5.41, 5.74) is 2.99. The highest BCUT2D eigenvalue weighted by Crippen LogP contribution is 2.27. The fraction of sp³-hybridized carbons (Fsp3) is 0.0952. The Morgan fingerprint density at radius 3 is 2.56 bits per heavy atom. The normalized spacial score (nSPS) is 11.2. The summed E-state index contributed by atoms with van der Waals surface area (Å²) in [6.07, 6.45) is 3.31. The van der Waals surface area contributed by atoms with Crippen LogP contribution < -0.4 is 10.1 Å². The Morgan fingerprint density at radius 1 is 1.08 bits per heavy atom. The summed E-state index contributed by atoms with van der Waals surface area (Å²) in [6.45, 7) is 1.96. The largest absolute Gasteiger partial charge is 0.495 e. The predicted octanol–water partition coefficient (Wildman–Crippen LogP) is 4.78. The lowest BCUT2D eigenvalue weighted by molar-refractivity contribution is -0.111. The first-order chi connectivity index (χ1) is 12.2. The molecule has 0 aliphatic rings.